The topological polar surface area (TPSA) is 88.4 Å². The summed E-state index contributed by atoms with van der Waals surface area (Å²) in [7, 11) is 3.05. The van der Waals surface area contributed by atoms with E-state index in [2.05, 4.69) is 5.29 Å². The highest BCUT2D eigenvalue weighted by Crippen LogP contribution is 2.39. The average Bonchev–Trinajstić information content (AvgIpc) is 2.45. The Labute approximate surface area is 116 Å². The third-order valence-electron chi connectivity index (χ3n) is 3.45. The first-order chi connectivity index (χ1) is 9.60. The summed E-state index contributed by atoms with van der Waals surface area (Å²) in [5.74, 6) is 0.119. The van der Waals surface area contributed by atoms with Crippen molar-refractivity contribution in [1.29, 1.82) is 0 Å². The van der Waals surface area contributed by atoms with E-state index >= 15 is 0 Å². The molecule has 0 saturated heterocycles. The Morgan fingerprint density at radius 3 is 2.60 bits per heavy atom. The van der Waals surface area contributed by atoms with Gasteiger partial charge in [0.25, 0.3) is 0 Å². The van der Waals surface area contributed by atoms with Crippen molar-refractivity contribution in [2.75, 3.05) is 20.8 Å². The Bertz CT molecular complexity index is 532. The van der Waals surface area contributed by atoms with Crippen LogP contribution in [-0.4, -0.2) is 36.8 Å². The van der Waals surface area contributed by atoms with E-state index in [9.17, 15) is 9.70 Å². The molecule has 1 N–H and O–H groups in total. The fraction of sp³-hybridized carbons (Fsp3) is 0.462. The predicted octanol–water partition coefficient (Wildman–Crippen LogP) is 1.76. The van der Waals surface area contributed by atoms with Gasteiger partial charge in [-0.2, -0.15) is 0 Å². The monoisotopic (exact) mass is 280 g/mol. The third-order valence-corrected chi connectivity index (χ3v) is 3.45. The summed E-state index contributed by atoms with van der Waals surface area (Å²) >= 11 is 0. The van der Waals surface area contributed by atoms with Gasteiger partial charge in [-0.3, -0.25) is 9.80 Å². The highest BCUT2D eigenvalue weighted by atomic mass is 16.5. The molecule has 0 radical (unpaired) electrons. The molecule has 0 aliphatic carbocycles. The first-order valence-electron chi connectivity index (χ1n) is 6.17. The highest BCUT2D eigenvalue weighted by molar-refractivity contribution is 5.68. The summed E-state index contributed by atoms with van der Waals surface area (Å²) in [6.07, 6.45) is 0.422. The number of nitrogens with zero attached hydrogens (tertiary/aromatic N) is 2. The molecule has 0 amide bonds. The molecule has 1 aliphatic rings. The van der Waals surface area contributed by atoms with Crippen molar-refractivity contribution in [2.24, 2.45) is 5.29 Å². The van der Waals surface area contributed by atoms with Crippen molar-refractivity contribution >= 4 is 5.97 Å². The zero-order chi connectivity index (χ0) is 14.7. The minimum Gasteiger partial charge on any atom is -0.493 e. The molecular weight excluding hydrogens is 264 g/mol. The summed E-state index contributed by atoms with van der Waals surface area (Å²) in [6.45, 7) is 0.393. The van der Waals surface area contributed by atoms with Gasteiger partial charge in [-0.15, -0.1) is 4.91 Å². The van der Waals surface area contributed by atoms with Gasteiger partial charge in [0.2, 0.25) is 0 Å². The van der Waals surface area contributed by atoms with Crippen LogP contribution in [0.1, 0.15) is 23.6 Å². The zero-order valence-electron chi connectivity index (χ0n) is 11.3. The number of ether oxygens (including phenoxy) is 2. The minimum atomic E-state index is -0.980. The number of aliphatic carboxylic acids is 1. The Morgan fingerprint density at radius 2 is 2.05 bits per heavy atom. The number of carbonyl (C=O) groups is 1. The highest BCUT2D eigenvalue weighted by Gasteiger charge is 2.31. The third kappa shape index (κ3) is 2.52. The number of nitroso groups, excluding NO2 is 1. The zero-order valence-corrected chi connectivity index (χ0v) is 11.3. The van der Waals surface area contributed by atoms with E-state index in [1.807, 2.05) is 6.07 Å². The second-order valence-corrected chi connectivity index (χ2v) is 4.51. The number of carboxylic acids is 1. The van der Waals surface area contributed by atoms with Crippen molar-refractivity contribution < 1.29 is 19.4 Å². The second kappa shape index (κ2) is 5.77. The van der Waals surface area contributed by atoms with Gasteiger partial charge < -0.3 is 14.6 Å². The number of hydrogen-bond donors (Lipinski definition) is 1. The van der Waals surface area contributed by atoms with E-state index in [1.165, 1.54) is 12.1 Å². The fourth-order valence-corrected chi connectivity index (χ4v) is 2.49. The van der Waals surface area contributed by atoms with Crippen LogP contribution in [0.15, 0.2) is 17.4 Å². The molecule has 1 aromatic carbocycles. The molecule has 0 bridgehead atoms. The molecule has 1 aromatic rings. The molecule has 108 valence electrons. The molecule has 7 heteroatoms. The molecule has 0 spiro atoms. The van der Waals surface area contributed by atoms with Crippen LogP contribution in [0.25, 0.3) is 0 Å². The standard InChI is InChI=1S/C13H16N2O5/c1-19-11-5-8-3-4-15(14-18)10(7-13(16)17)9(8)6-12(11)20-2/h5-6,10H,3-4,7H2,1-2H3,(H,16,17). The van der Waals surface area contributed by atoms with E-state index < -0.39 is 12.0 Å². The molecule has 1 unspecified atom stereocenters. The average molecular weight is 280 g/mol. The number of rotatable bonds is 5. The van der Waals surface area contributed by atoms with Crippen molar-refractivity contribution in [2.45, 2.75) is 18.9 Å². The van der Waals surface area contributed by atoms with Crippen molar-refractivity contribution in [1.82, 2.24) is 5.01 Å². The number of hydrogen-bond acceptors (Lipinski definition) is 5. The molecule has 7 nitrogen and oxygen atoms in total. The first-order valence-corrected chi connectivity index (χ1v) is 6.17. The lowest BCUT2D eigenvalue weighted by molar-refractivity contribution is -0.138. The molecule has 1 aliphatic heterocycles. The van der Waals surface area contributed by atoms with E-state index in [-0.39, 0.29) is 6.42 Å². The van der Waals surface area contributed by atoms with Crippen LogP contribution < -0.4 is 9.47 Å². The van der Waals surface area contributed by atoms with E-state index in [0.717, 1.165) is 11.1 Å². The van der Waals surface area contributed by atoms with Crippen LogP contribution >= 0.6 is 0 Å². The van der Waals surface area contributed by atoms with Crippen LogP contribution in [0.3, 0.4) is 0 Å². The van der Waals surface area contributed by atoms with Crippen LogP contribution in [0.5, 0.6) is 11.5 Å². The Kier molecular flexibility index (Phi) is 4.07. The molecule has 2 rings (SSSR count). The van der Waals surface area contributed by atoms with Gasteiger partial charge >= 0.3 is 5.97 Å². The fourth-order valence-electron chi connectivity index (χ4n) is 2.49. The normalized spacial score (nSPS) is 17.3. The predicted molar refractivity (Wildman–Crippen MR) is 70.7 cm³/mol. The number of methoxy groups -OCH3 is 2. The van der Waals surface area contributed by atoms with Crippen LogP contribution in [0.4, 0.5) is 0 Å². The Balaban J connectivity index is 2.48. The summed E-state index contributed by atoms with van der Waals surface area (Å²) < 4.78 is 10.5. The van der Waals surface area contributed by atoms with Crippen molar-refractivity contribution in [3.63, 3.8) is 0 Å². The number of fused-ring (bicyclic) bond motifs is 1. The second-order valence-electron chi connectivity index (χ2n) is 4.51. The Morgan fingerprint density at radius 1 is 1.40 bits per heavy atom. The van der Waals surface area contributed by atoms with Gasteiger partial charge in [0, 0.05) is 6.54 Å². The molecule has 1 heterocycles. The maximum Gasteiger partial charge on any atom is 0.305 e. The summed E-state index contributed by atoms with van der Waals surface area (Å²) in [4.78, 5) is 21.9. The van der Waals surface area contributed by atoms with E-state index in [0.29, 0.717) is 24.5 Å². The number of carboxylic acid groups (broad SMARTS) is 1. The molecule has 0 fully saturated rings. The van der Waals surface area contributed by atoms with Gasteiger partial charge in [-0.05, 0) is 29.7 Å². The summed E-state index contributed by atoms with van der Waals surface area (Å²) in [6, 6.07) is 2.97. The molecule has 0 aromatic heterocycles. The van der Waals surface area contributed by atoms with E-state index in [4.69, 9.17) is 14.6 Å². The summed E-state index contributed by atoms with van der Waals surface area (Å²) in [5, 5.41) is 13.2. The molecule has 1 atom stereocenters. The van der Waals surface area contributed by atoms with Gasteiger partial charge in [0.1, 0.15) is 0 Å². The van der Waals surface area contributed by atoms with Crippen LogP contribution in [0.2, 0.25) is 0 Å². The van der Waals surface area contributed by atoms with E-state index in [1.54, 1.807) is 13.2 Å². The minimum absolute atomic E-state index is 0.186. The summed E-state index contributed by atoms with van der Waals surface area (Å²) in [5.41, 5.74) is 1.70. The van der Waals surface area contributed by atoms with Crippen molar-refractivity contribution in [3.8, 4) is 11.5 Å². The smallest absolute Gasteiger partial charge is 0.305 e. The Hall–Kier alpha value is -2.31. The van der Waals surface area contributed by atoms with Gasteiger partial charge in [0.05, 0.1) is 32.0 Å². The maximum atomic E-state index is 11.0. The molecule has 20 heavy (non-hydrogen) atoms. The van der Waals surface area contributed by atoms with Gasteiger partial charge in [0.15, 0.2) is 11.5 Å². The lowest BCUT2D eigenvalue weighted by Crippen LogP contribution is -2.32. The number of benzene rings is 1. The van der Waals surface area contributed by atoms with Gasteiger partial charge in [-0.25, -0.2) is 0 Å². The van der Waals surface area contributed by atoms with Crippen LogP contribution in [-0.2, 0) is 11.2 Å². The molecule has 0 saturated carbocycles. The van der Waals surface area contributed by atoms with Gasteiger partial charge in [-0.1, -0.05) is 0 Å². The van der Waals surface area contributed by atoms with Crippen LogP contribution in [0, 0.1) is 4.91 Å². The lowest BCUT2D eigenvalue weighted by Gasteiger charge is -2.32. The maximum absolute atomic E-state index is 11.0. The lowest BCUT2D eigenvalue weighted by atomic mass is 9.91. The first kappa shape index (κ1) is 14.1. The SMILES string of the molecule is COc1cc2c(cc1OC)C(CC(=O)O)N(N=O)CC2. The van der Waals surface area contributed by atoms with Crippen molar-refractivity contribution in [3.05, 3.63) is 28.2 Å². The quantitative estimate of drug-likeness (QED) is 0.827. The molecular formula is C13H16N2O5. The largest absolute Gasteiger partial charge is 0.493 e.